The van der Waals surface area contributed by atoms with Crippen LogP contribution in [-0.2, 0) is 19.5 Å². The Bertz CT molecular complexity index is 917. The first-order valence-corrected chi connectivity index (χ1v) is 9.61. The van der Waals surface area contributed by atoms with Crippen molar-refractivity contribution >= 4 is 21.5 Å². The van der Waals surface area contributed by atoms with E-state index in [-0.39, 0.29) is 18.4 Å². The lowest BCUT2D eigenvalue weighted by molar-refractivity contribution is -0.132. The van der Waals surface area contributed by atoms with Crippen molar-refractivity contribution < 1.29 is 27.6 Å². The summed E-state index contributed by atoms with van der Waals surface area (Å²) in [7, 11) is -3.86. The number of hydroxylamine groups is 1. The van der Waals surface area contributed by atoms with Crippen molar-refractivity contribution in [2.75, 3.05) is 6.26 Å². The molecule has 2 N–H and O–H groups in total. The molecule has 2 rings (SSSR count). The Hall–Kier alpha value is -2.44. The highest BCUT2D eigenvalue weighted by Crippen LogP contribution is 2.30. The minimum absolute atomic E-state index is 0.125. The van der Waals surface area contributed by atoms with E-state index in [9.17, 15) is 17.6 Å². The van der Waals surface area contributed by atoms with Gasteiger partial charge >= 0.3 is 0 Å². The van der Waals surface area contributed by atoms with Crippen molar-refractivity contribution in [3.63, 3.8) is 0 Å². The molecule has 0 saturated heterocycles. The maximum Gasteiger partial charge on any atom is 0.264 e. The smallest absolute Gasteiger partial charge is 0.264 e. The normalized spacial score (nSPS) is 18.8. The van der Waals surface area contributed by atoms with Crippen LogP contribution in [0, 0.1) is 17.7 Å². The zero-order valence-electron chi connectivity index (χ0n) is 14.5. The topological polar surface area (TPSA) is 105 Å². The number of oxime groups is 1. The summed E-state index contributed by atoms with van der Waals surface area (Å²) in [6.07, 6.45) is 0.0225. The predicted octanol–water partition coefficient (Wildman–Crippen LogP) is 1.39. The minimum Gasteiger partial charge on any atom is -0.392 e. The van der Waals surface area contributed by atoms with Crippen LogP contribution in [0.3, 0.4) is 0 Å². The molecule has 0 saturated carbocycles. The van der Waals surface area contributed by atoms with Gasteiger partial charge < -0.3 is 4.84 Å². The van der Waals surface area contributed by atoms with Crippen LogP contribution in [0.15, 0.2) is 23.4 Å². The third kappa shape index (κ3) is 3.86. The molecule has 0 bridgehead atoms. The van der Waals surface area contributed by atoms with Gasteiger partial charge in [-0.1, -0.05) is 11.1 Å². The molecular formula is C17H19FN2O5S. The SMILES string of the molecule is CC#Cc1ccc(C2=NOC(CC(C)(C(=O)NO)S(C)(=O)=O)C2)c(F)c1. The fraction of sp³-hybridized carbons (Fsp3) is 0.412. The fourth-order valence-corrected chi connectivity index (χ4v) is 3.50. The predicted molar refractivity (Wildman–Crippen MR) is 92.8 cm³/mol. The molecule has 140 valence electrons. The number of rotatable bonds is 5. The van der Waals surface area contributed by atoms with Gasteiger partial charge in [-0.25, -0.2) is 18.3 Å². The van der Waals surface area contributed by atoms with Crippen LogP contribution in [0.1, 0.15) is 37.8 Å². The summed E-state index contributed by atoms with van der Waals surface area (Å²) < 4.78 is 36.4. The number of carbonyl (C=O) groups is 1. The molecule has 1 aliphatic rings. The Morgan fingerprint density at radius 2 is 2.23 bits per heavy atom. The molecule has 1 amide bonds. The average Bonchev–Trinajstić information content (AvgIpc) is 3.01. The Labute approximate surface area is 151 Å². The lowest BCUT2D eigenvalue weighted by Gasteiger charge is -2.26. The first-order valence-electron chi connectivity index (χ1n) is 7.72. The fourth-order valence-electron chi connectivity index (χ4n) is 2.63. The van der Waals surface area contributed by atoms with E-state index in [1.54, 1.807) is 13.0 Å². The molecule has 0 aromatic heterocycles. The molecule has 26 heavy (non-hydrogen) atoms. The zero-order chi connectivity index (χ0) is 19.5. The van der Waals surface area contributed by atoms with E-state index in [4.69, 9.17) is 10.0 Å². The number of hydrogen-bond acceptors (Lipinski definition) is 6. The summed E-state index contributed by atoms with van der Waals surface area (Å²) in [5, 5.41) is 12.7. The van der Waals surface area contributed by atoms with Crippen molar-refractivity contribution in [2.24, 2.45) is 5.16 Å². The summed E-state index contributed by atoms with van der Waals surface area (Å²) in [6.45, 7) is 2.83. The van der Waals surface area contributed by atoms with E-state index in [0.29, 0.717) is 11.3 Å². The van der Waals surface area contributed by atoms with Crippen molar-refractivity contribution in [3.8, 4) is 11.8 Å². The summed E-state index contributed by atoms with van der Waals surface area (Å²) in [5.41, 5.74) is 2.43. The van der Waals surface area contributed by atoms with Crippen molar-refractivity contribution in [1.29, 1.82) is 0 Å². The highest BCUT2D eigenvalue weighted by Gasteiger charge is 2.47. The summed E-state index contributed by atoms with van der Waals surface area (Å²) >= 11 is 0. The van der Waals surface area contributed by atoms with Gasteiger partial charge in [-0.15, -0.1) is 5.92 Å². The second-order valence-electron chi connectivity index (χ2n) is 6.19. The van der Waals surface area contributed by atoms with E-state index in [0.717, 1.165) is 6.26 Å². The first-order chi connectivity index (χ1) is 12.1. The second kappa shape index (κ2) is 7.43. The Morgan fingerprint density at radius 3 is 2.77 bits per heavy atom. The number of nitrogens with zero attached hydrogens (tertiary/aromatic N) is 1. The summed E-state index contributed by atoms with van der Waals surface area (Å²) in [6, 6.07) is 4.45. The molecule has 2 unspecified atom stereocenters. The van der Waals surface area contributed by atoms with E-state index in [2.05, 4.69) is 17.0 Å². The van der Waals surface area contributed by atoms with E-state index < -0.39 is 32.4 Å². The van der Waals surface area contributed by atoms with E-state index in [1.165, 1.54) is 24.5 Å². The number of nitrogens with one attached hydrogen (secondary N) is 1. The average molecular weight is 382 g/mol. The van der Waals surface area contributed by atoms with E-state index >= 15 is 0 Å². The molecule has 1 aromatic carbocycles. The van der Waals surface area contributed by atoms with Gasteiger partial charge in [0.1, 0.15) is 11.9 Å². The Balaban J connectivity index is 2.19. The second-order valence-corrected chi connectivity index (χ2v) is 8.63. The molecular weight excluding hydrogens is 363 g/mol. The first kappa shape index (κ1) is 19.9. The molecule has 1 aliphatic heterocycles. The molecule has 9 heteroatoms. The quantitative estimate of drug-likeness (QED) is 0.455. The van der Waals surface area contributed by atoms with Crippen molar-refractivity contribution in [2.45, 2.75) is 37.5 Å². The lowest BCUT2D eigenvalue weighted by Crippen LogP contribution is -2.51. The van der Waals surface area contributed by atoms with Gasteiger partial charge in [0.2, 0.25) is 0 Å². The summed E-state index contributed by atoms with van der Waals surface area (Å²) in [4.78, 5) is 17.1. The molecule has 1 heterocycles. The van der Waals surface area contributed by atoms with E-state index in [1.807, 2.05) is 0 Å². The summed E-state index contributed by atoms with van der Waals surface area (Å²) in [5.74, 6) is 3.84. The van der Waals surface area contributed by atoms with Gasteiger partial charge in [-0.3, -0.25) is 10.0 Å². The zero-order valence-corrected chi connectivity index (χ0v) is 15.4. The van der Waals surface area contributed by atoms with Gasteiger partial charge in [-0.2, -0.15) is 0 Å². The Morgan fingerprint density at radius 1 is 1.54 bits per heavy atom. The van der Waals surface area contributed by atoms with Crippen LogP contribution < -0.4 is 5.48 Å². The third-order valence-corrected chi connectivity index (χ3v) is 6.29. The highest BCUT2D eigenvalue weighted by molar-refractivity contribution is 7.92. The minimum atomic E-state index is -3.86. The standard InChI is InChI=1S/C17H19FN2O5S/c1-4-5-11-6-7-13(14(18)8-11)15-9-12(25-20-15)10-17(2,16(21)19-22)26(3,23)24/h6-8,12,22H,9-10H2,1-3H3,(H,19,21). The van der Waals surface area contributed by atoms with Crippen molar-refractivity contribution in [1.82, 2.24) is 5.48 Å². The maximum atomic E-state index is 14.3. The molecule has 0 aliphatic carbocycles. The third-order valence-electron chi connectivity index (χ3n) is 4.30. The Kier molecular flexibility index (Phi) is 5.68. The largest absolute Gasteiger partial charge is 0.392 e. The maximum absolute atomic E-state index is 14.3. The van der Waals surface area contributed by atoms with Gasteiger partial charge in [0.25, 0.3) is 5.91 Å². The van der Waals surface area contributed by atoms with Crippen LogP contribution in [-0.4, -0.2) is 42.4 Å². The van der Waals surface area contributed by atoms with Crippen molar-refractivity contribution in [3.05, 3.63) is 35.1 Å². The molecule has 1 aromatic rings. The van der Waals surface area contributed by atoms with Gasteiger partial charge in [0.15, 0.2) is 14.6 Å². The van der Waals surface area contributed by atoms with Crippen LogP contribution in [0.4, 0.5) is 4.39 Å². The van der Waals surface area contributed by atoms with Gasteiger partial charge in [0.05, 0.1) is 5.71 Å². The van der Waals surface area contributed by atoms with Crippen LogP contribution in [0.5, 0.6) is 0 Å². The molecule has 0 spiro atoms. The lowest BCUT2D eigenvalue weighted by atomic mass is 9.96. The monoisotopic (exact) mass is 382 g/mol. The molecule has 2 atom stereocenters. The molecule has 0 fully saturated rings. The van der Waals surface area contributed by atoms with Crippen LogP contribution >= 0.6 is 0 Å². The van der Waals surface area contributed by atoms with Gasteiger partial charge in [-0.05, 0) is 32.0 Å². The number of benzene rings is 1. The number of halogens is 1. The van der Waals surface area contributed by atoms with Crippen LogP contribution in [0.25, 0.3) is 0 Å². The number of amides is 1. The highest BCUT2D eigenvalue weighted by atomic mass is 32.2. The number of hydrogen-bond donors (Lipinski definition) is 2. The van der Waals surface area contributed by atoms with Crippen LogP contribution in [0.2, 0.25) is 0 Å². The number of carbonyl (C=O) groups excluding carboxylic acids is 1. The number of sulfone groups is 1. The van der Waals surface area contributed by atoms with Gasteiger partial charge in [0, 0.05) is 30.2 Å². The molecule has 7 nitrogen and oxygen atoms in total. The molecule has 0 radical (unpaired) electrons.